The van der Waals surface area contributed by atoms with E-state index in [4.69, 9.17) is 20.3 Å². The first-order chi connectivity index (χ1) is 10.1. The van der Waals surface area contributed by atoms with Gasteiger partial charge >= 0.3 is 0 Å². The fraction of sp³-hybridized carbons (Fsp3) is 0.500. The van der Waals surface area contributed by atoms with Gasteiger partial charge in [0.15, 0.2) is 11.9 Å². The highest BCUT2D eigenvalue weighted by molar-refractivity contribution is 5.82. The Hall–Kier alpha value is -1.94. The molecule has 2 aromatic heterocycles. The number of rotatable bonds is 3. The second-order valence-corrected chi connectivity index (χ2v) is 4.78. The number of ether oxygens (including phenoxy) is 2. The lowest BCUT2D eigenvalue weighted by atomic mass is 10.1. The predicted octanol–water partition coefficient (Wildman–Crippen LogP) is -1.37. The number of fused-ring (bicyclic) bond motifs is 1. The summed E-state index contributed by atoms with van der Waals surface area (Å²) in [6.07, 6.45) is -2.49. The lowest BCUT2D eigenvalue weighted by Crippen LogP contribution is -2.33. The van der Waals surface area contributed by atoms with Crippen LogP contribution >= 0.6 is 0 Å². The molecule has 0 radical (unpaired) electrons. The van der Waals surface area contributed by atoms with Crippen molar-refractivity contribution in [1.82, 2.24) is 14.5 Å². The van der Waals surface area contributed by atoms with Crippen LogP contribution in [0.2, 0.25) is 0 Å². The molecule has 0 amide bonds. The first-order valence-electron chi connectivity index (χ1n) is 6.37. The quantitative estimate of drug-likeness (QED) is 0.545. The minimum atomic E-state index is -1.19. The Morgan fingerprint density at radius 2 is 2.14 bits per heavy atom. The summed E-state index contributed by atoms with van der Waals surface area (Å²) in [7, 11) is 1.46. The van der Waals surface area contributed by atoms with E-state index in [0.29, 0.717) is 16.9 Å². The third kappa shape index (κ3) is 2.10. The molecule has 114 valence electrons. The molecule has 1 aliphatic heterocycles. The molecule has 0 saturated carbocycles. The molecule has 9 nitrogen and oxygen atoms in total. The molecule has 1 aliphatic rings. The summed E-state index contributed by atoms with van der Waals surface area (Å²) in [6, 6.07) is 1.70. The molecule has 0 aromatic carbocycles. The first kappa shape index (κ1) is 14.0. The number of methoxy groups -OCH3 is 1. The van der Waals surface area contributed by atoms with Gasteiger partial charge < -0.3 is 35.1 Å². The summed E-state index contributed by atoms with van der Waals surface area (Å²) in [5.74, 6) is 0.328. The molecular weight excluding hydrogens is 280 g/mol. The molecule has 3 heterocycles. The second-order valence-electron chi connectivity index (χ2n) is 4.78. The lowest BCUT2D eigenvalue weighted by molar-refractivity contribution is -0.0508. The highest BCUT2D eigenvalue weighted by Crippen LogP contribution is 2.33. The Morgan fingerprint density at radius 1 is 1.38 bits per heavy atom. The molecule has 4 atom stereocenters. The Morgan fingerprint density at radius 3 is 2.76 bits per heavy atom. The summed E-state index contributed by atoms with van der Waals surface area (Å²) >= 11 is 0. The number of hydrogen-bond donors (Lipinski definition) is 4. The summed E-state index contributed by atoms with van der Waals surface area (Å²) in [4.78, 5) is 8.08. The Kier molecular flexibility index (Phi) is 3.41. The number of nitrogens with two attached hydrogens (primary N) is 1. The van der Waals surface area contributed by atoms with Crippen molar-refractivity contribution in [1.29, 1.82) is 0 Å². The lowest BCUT2D eigenvalue weighted by Gasteiger charge is -2.17. The first-order valence-corrected chi connectivity index (χ1v) is 6.37. The van der Waals surface area contributed by atoms with Crippen LogP contribution in [0.1, 0.15) is 6.23 Å². The van der Waals surface area contributed by atoms with E-state index in [1.807, 2.05) is 0 Å². The highest BCUT2D eigenvalue weighted by Gasteiger charge is 2.43. The third-order valence-corrected chi connectivity index (χ3v) is 3.54. The smallest absolute Gasteiger partial charge is 0.227 e. The minimum absolute atomic E-state index is 0.0195. The van der Waals surface area contributed by atoms with Gasteiger partial charge in [-0.25, -0.2) is 0 Å². The SMILES string of the molecule is COc1nc(N)nc2c1ccn2[C@H]1O[C@H](CO)[C@@H](O)[C@@H]1O. The van der Waals surface area contributed by atoms with E-state index in [1.54, 1.807) is 12.3 Å². The van der Waals surface area contributed by atoms with Gasteiger partial charge in [0.2, 0.25) is 11.8 Å². The zero-order valence-electron chi connectivity index (χ0n) is 11.2. The van der Waals surface area contributed by atoms with E-state index in [-0.39, 0.29) is 5.95 Å². The van der Waals surface area contributed by atoms with Crippen LogP contribution in [0.4, 0.5) is 5.95 Å². The van der Waals surface area contributed by atoms with Gasteiger partial charge in [-0.05, 0) is 6.07 Å². The maximum atomic E-state index is 10.1. The predicted molar refractivity (Wildman–Crippen MR) is 71.5 cm³/mol. The molecule has 21 heavy (non-hydrogen) atoms. The van der Waals surface area contributed by atoms with Crippen molar-refractivity contribution in [3.63, 3.8) is 0 Å². The molecule has 2 aromatic rings. The van der Waals surface area contributed by atoms with Crippen LogP contribution in [0.5, 0.6) is 5.88 Å². The fourth-order valence-corrected chi connectivity index (χ4v) is 2.49. The molecule has 0 aliphatic carbocycles. The van der Waals surface area contributed by atoms with E-state index in [1.165, 1.54) is 11.7 Å². The molecule has 1 fully saturated rings. The molecule has 9 heteroatoms. The van der Waals surface area contributed by atoms with Gasteiger partial charge in [0.1, 0.15) is 18.3 Å². The van der Waals surface area contributed by atoms with Crippen molar-refractivity contribution in [3.8, 4) is 5.88 Å². The van der Waals surface area contributed by atoms with E-state index >= 15 is 0 Å². The minimum Gasteiger partial charge on any atom is -0.480 e. The Labute approximate surface area is 119 Å². The van der Waals surface area contributed by atoms with Crippen LogP contribution < -0.4 is 10.5 Å². The molecule has 0 unspecified atom stereocenters. The average Bonchev–Trinajstić information content (AvgIpc) is 3.01. The second kappa shape index (κ2) is 5.11. The monoisotopic (exact) mass is 296 g/mol. The summed E-state index contributed by atoms with van der Waals surface area (Å²) in [6.45, 7) is -0.394. The van der Waals surface area contributed by atoms with E-state index in [0.717, 1.165) is 0 Å². The molecule has 1 saturated heterocycles. The number of aliphatic hydroxyl groups is 3. The highest BCUT2D eigenvalue weighted by atomic mass is 16.6. The van der Waals surface area contributed by atoms with E-state index in [2.05, 4.69) is 9.97 Å². The van der Waals surface area contributed by atoms with Crippen LogP contribution in [0.3, 0.4) is 0 Å². The molecule has 0 spiro atoms. The summed E-state index contributed by atoms with van der Waals surface area (Å²) in [5, 5.41) is 29.6. The van der Waals surface area contributed by atoms with Crippen LogP contribution in [0.25, 0.3) is 11.0 Å². The van der Waals surface area contributed by atoms with E-state index < -0.39 is 31.1 Å². The van der Waals surface area contributed by atoms with Crippen molar-refractivity contribution in [2.24, 2.45) is 0 Å². The third-order valence-electron chi connectivity index (χ3n) is 3.54. The maximum absolute atomic E-state index is 10.1. The number of anilines is 1. The largest absolute Gasteiger partial charge is 0.480 e. The number of aromatic nitrogens is 3. The number of nitrogen functional groups attached to an aromatic ring is 1. The van der Waals surface area contributed by atoms with Crippen LogP contribution in [0.15, 0.2) is 12.3 Å². The molecule has 5 N–H and O–H groups in total. The number of nitrogens with zero attached hydrogens (tertiary/aromatic N) is 3. The van der Waals surface area contributed by atoms with Gasteiger partial charge in [-0.15, -0.1) is 0 Å². The van der Waals surface area contributed by atoms with Crippen molar-refractivity contribution < 1.29 is 24.8 Å². The Balaban J connectivity index is 2.07. The van der Waals surface area contributed by atoms with Crippen molar-refractivity contribution in [2.75, 3.05) is 19.5 Å². The van der Waals surface area contributed by atoms with Gasteiger partial charge in [-0.2, -0.15) is 9.97 Å². The van der Waals surface area contributed by atoms with Gasteiger partial charge in [-0.3, -0.25) is 0 Å². The Bertz CT molecular complexity index is 660. The maximum Gasteiger partial charge on any atom is 0.227 e. The fourth-order valence-electron chi connectivity index (χ4n) is 2.49. The number of hydrogen-bond acceptors (Lipinski definition) is 8. The summed E-state index contributed by atoms with van der Waals surface area (Å²) in [5.41, 5.74) is 6.05. The van der Waals surface area contributed by atoms with Gasteiger partial charge in [0.25, 0.3) is 0 Å². The van der Waals surface area contributed by atoms with Crippen molar-refractivity contribution in [3.05, 3.63) is 12.3 Å². The van der Waals surface area contributed by atoms with Crippen molar-refractivity contribution in [2.45, 2.75) is 24.5 Å². The van der Waals surface area contributed by atoms with E-state index in [9.17, 15) is 10.2 Å². The van der Waals surface area contributed by atoms with Crippen LogP contribution in [0, 0.1) is 0 Å². The van der Waals surface area contributed by atoms with Crippen LogP contribution in [-0.4, -0.2) is 61.9 Å². The van der Waals surface area contributed by atoms with Crippen molar-refractivity contribution >= 4 is 17.0 Å². The molecule has 0 bridgehead atoms. The zero-order chi connectivity index (χ0) is 15.1. The number of aliphatic hydroxyl groups excluding tert-OH is 3. The standard InChI is InChI=1S/C12H16N4O5/c1-20-10-5-2-3-16(9(5)14-12(13)15-10)11-8(19)7(18)6(4-17)21-11/h2-3,6-8,11,17-19H,4H2,1H3,(H2,13,14,15)/t6-,7-,8+,11+/m1/s1. The average molecular weight is 296 g/mol. The zero-order valence-corrected chi connectivity index (χ0v) is 11.2. The van der Waals surface area contributed by atoms with Gasteiger partial charge in [0, 0.05) is 6.20 Å². The molecule has 3 rings (SSSR count). The van der Waals surface area contributed by atoms with Gasteiger partial charge in [-0.1, -0.05) is 0 Å². The normalized spacial score (nSPS) is 29.1. The van der Waals surface area contributed by atoms with Gasteiger partial charge in [0.05, 0.1) is 19.1 Å². The summed E-state index contributed by atoms with van der Waals surface area (Å²) < 4.78 is 12.1. The topological polar surface area (TPSA) is 136 Å². The van der Waals surface area contributed by atoms with Crippen LogP contribution in [-0.2, 0) is 4.74 Å². The molecular formula is C12H16N4O5.